The number of aromatic nitrogens is 3. The van der Waals surface area contributed by atoms with Crippen molar-refractivity contribution in [1.82, 2.24) is 15.2 Å². The van der Waals surface area contributed by atoms with Crippen LogP contribution in [0, 0.1) is 6.92 Å². The van der Waals surface area contributed by atoms with Crippen LogP contribution in [-0.2, 0) is 4.79 Å². The average molecular weight is 407 g/mol. The van der Waals surface area contributed by atoms with Gasteiger partial charge in [-0.15, -0.1) is 10.2 Å². The first-order valence-electron chi connectivity index (χ1n) is 7.24. The number of thioether (sulfide) groups is 1. The normalized spacial score (nSPS) is 12.1. The molecule has 1 atom stereocenters. The van der Waals surface area contributed by atoms with Crippen molar-refractivity contribution in [3.8, 4) is 11.6 Å². The highest BCUT2D eigenvalue weighted by Gasteiger charge is 2.19. The Balaban J connectivity index is 1.64. The number of aryl methyl sites for hydroxylation is 1. The van der Waals surface area contributed by atoms with Crippen molar-refractivity contribution in [2.75, 3.05) is 5.32 Å². The number of carbonyl (C=O) groups excluding carboxylic acids is 1. The average Bonchev–Trinajstić information content (AvgIpc) is 3.20. The van der Waals surface area contributed by atoms with E-state index in [1.54, 1.807) is 13.1 Å². The minimum atomic E-state index is -0.379. The zero-order chi connectivity index (χ0) is 17.1. The van der Waals surface area contributed by atoms with Crippen LogP contribution in [0.2, 0.25) is 0 Å². The number of aromatic amines is 1. The Hall–Kier alpha value is -2.06. The molecule has 3 aromatic rings. The third-order valence-electron chi connectivity index (χ3n) is 3.26. The maximum atomic E-state index is 12.3. The molecule has 2 N–H and O–H groups in total. The smallest absolute Gasteiger partial charge is 0.277 e. The number of benzene rings is 1. The Kier molecular flexibility index (Phi) is 5.06. The zero-order valence-electron chi connectivity index (χ0n) is 13.0. The summed E-state index contributed by atoms with van der Waals surface area (Å²) in [4.78, 5) is 15.3. The van der Waals surface area contributed by atoms with Gasteiger partial charge in [0.25, 0.3) is 11.1 Å². The Morgan fingerprint density at radius 3 is 2.92 bits per heavy atom. The lowest BCUT2D eigenvalue weighted by molar-refractivity contribution is -0.115. The first-order chi connectivity index (χ1) is 11.5. The number of carbonyl (C=O) groups is 1. The van der Waals surface area contributed by atoms with E-state index in [-0.39, 0.29) is 11.2 Å². The summed E-state index contributed by atoms with van der Waals surface area (Å²) in [5.41, 5.74) is 2.59. The molecular formula is C16H15BrN4O2S. The monoisotopic (exact) mass is 406 g/mol. The van der Waals surface area contributed by atoms with Crippen LogP contribution < -0.4 is 5.32 Å². The quantitative estimate of drug-likeness (QED) is 0.618. The van der Waals surface area contributed by atoms with Gasteiger partial charge in [0.15, 0.2) is 0 Å². The summed E-state index contributed by atoms with van der Waals surface area (Å²) in [7, 11) is 0. The van der Waals surface area contributed by atoms with Gasteiger partial charge >= 0.3 is 0 Å². The first-order valence-corrected chi connectivity index (χ1v) is 8.91. The van der Waals surface area contributed by atoms with E-state index in [1.807, 2.05) is 37.3 Å². The van der Waals surface area contributed by atoms with E-state index in [1.165, 1.54) is 11.8 Å². The number of nitrogens with zero attached hydrogens (tertiary/aromatic N) is 2. The van der Waals surface area contributed by atoms with Crippen molar-refractivity contribution in [3.63, 3.8) is 0 Å². The number of amides is 1. The lowest BCUT2D eigenvalue weighted by Gasteiger charge is -2.11. The standard InChI is InChI=1S/C16H15BrN4O2S/c1-9-5-6-12(11(17)8-9)19-14(22)10(2)24-16-21-20-15(23-16)13-4-3-7-18-13/h3-8,10,18H,1-2H3,(H,19,22). The van der Waals surface area contributed by atoms with E-state index in [9.17, 15) is 4.79 Å². The fourth-order valence-electron chi connectivity index (χ4n) is 1.99. The highest BCUT2D eigenvalue weighted by atomic mass is 79.9. The van der Waals surface area contributed by atoms with Crippen molar-refractivity contribution < 1.29 is 9.21 Å². The van der Waals surface area contributed by atoms with Crippen molar-refractivity contribution in [1.29, 1.82) is 0 Å². The summed E-state index contributed by atoms with van der Waals surface area (Å²) < 4.78 is 6.41. The number of halogens is 1. The number of hydrogen-bond donors (Lipinski definition) is 2. The maximum absolute atomic E-state index is 12.3. The SMILES string of the molecule is Cc1ccc(NC(=O)C(C)Sc2nnc(-c3ccc[nH]3)o2)c(Br)c1. The Morgan fingerprint density at radius 2 is 2.21 bits per heavy atom. The predicted molar refractivity (Wildman–Crippen MR) is 96.9 cm³/mol. The summed E-state index contributed by atoms with van der Waals surface area (Å²) in [6.07, 6.45) is 1.78. The van der Waals surface area contributed by atoms with Crippen molar-refractivity contribution in [2.24, 2.45) is 0 Å². The van der Waals surface area contributed by atoms with Gasteiger partial charge in [-0.25, -0.2) is 0 Å². The molecule has 2 aromatic heterocycles. The topological polar surface area (TPSA) is 83.8 Å². The molecule has 1 amide bonds. The predicted octanol–water partition coefficient (Wildman–Crippen LogP) is 4.25. The zero-order valence-corrected chi connectivity index (χ0v) is 15.4. The second-order valence-corrected chi connectivity index (χ2v) is 7.34. The summed E-state index contributed by atoms with van der Waals surface area (Å²) in [6.45, 7) is 3.78. The molecule has 6 nitrogen and oxygen atoms in total. The fourth-order valence-corrected chi connectivity index (χ4v) is 3.27. The fraction of sp³-hybridized carbons (Fsp3) is 0.188. The molecule has 0 fully saturated rings. The molecule has 1 aromatic carbocycles. The van der Waals surface area contributed by atoms with Gasteiger partial charge in [-0.2, -0.15) is 0 Å². The van der Waals surface area contributed by atoms with E-state index in [0.717, 1.165) is 21.4 Å². The van der Waals surface area contributed by atoms with E-state index in [0.29, 0.717) is 11.1 Å². The molecule has 0 saturated carbocycles. The van der Waals surface area contributed by atoms with Crippen molar-refractivity contribution in [2.45, 2.75) is 24.3 Å². The highest BCUT2D eigenvalue weighted by molar-refractivity contribution is 9.10. The van der Waals surface area contributed by atoms with E-state index >= 15 is 0 Å². The molecule has 24 heavy (non-hydrogen) atoms. The van der Waals surface area contributed by atoms with Crippen molar-refractivity contribution in [3.05, 3.63) is 46.6 Å². The van der Waals surface area contributed by atoms with Crippen LogP contribution >= 0.6 is 27.7 Å². The van der Waals surface area contributed by atoms with Crippen LogP contribution in [-0.4, -0.2) is 26.3 Å². The van der Waals surface area contributed by atoms with E-state index in [2.05, 4.69) is 36.4 Å². The minimum absolute atomic E-state index is 0.135. The summed E-state index contributed by atoms with van der Waals surface area (Å²) in [5, 5.41) is 10.8. The summed E-state index contributed by atoms with van der Waals surface area (Å²) in [6, 6.07) is 9.45. The van der Waals surface area contributed by atoms with Crippen LogP contribution in [0.3, 0.4) is 0 Å². The number of rotatable bonds is 5. The molecule has 8 heteroatoms. The van der Waals surface area contributed by atoms with Crippen LogP contribution in [0.1, 0.15) is 12.5 Å². The van der Waals surface area contributed by atoms with E-state index < -0.39 is 0 Å². The number of H-pyrrole nitrogens is 1. The van der Waals surface area contributed by atoms with Gasteiger partial charge in [-0.3, -0.25) is 4.79 Å². The lowest BCUT2D eigenvalue weighted by Crippen LogP contribution is -2.22. The molecule has 0 aliphatic carbocycles. The number of hydrogen-bond acceptors (Lipinski definition) is 5. The molecule has 0 aliphatic rings. The molecule has 0 saturated heterocycles. The molecule has 124 valence electrons. The first kappa shape index (κ1) is 16.8. The van der Waals surface area contributed by atoms with E-state index in [4.69, 9.17) is 4.42 Å². The van der Waals surface area contributed by atoms with Crippen LogP contribution in [0.5, 0.6) is 0 Å². The molecule has 2 heterocycles. The lowest BCUT2D eigenvalue weighted by atomic mass is 10.2. The minimum Gasteiger partial charge on any atom is -0.410 e. The Morgan fingerprint density at radius 1 is 1.38 bits per heavy atom. The van der Waals surface area contributed by atoms with Gasteiger partial charge < -0.3 is 14.7 Å². The van der Waals surface area contributed by atoms with Crippen LogP contribution in [0.4, 0.5) is 5.69 Å². The second-order valence-electron chi connectivity index (χ2n) is 5.19. The number of anilines is 1. The van der Waals surface area contributed by atoms with Gasteiger partial charge in [0.2, 0.25) is 5.91 Å². The molecule has 0 aliphatic heterocycles. The molecule has 0 spiro atoms. The van der Waals surface area contributed by atoms with Gasteiger partial charge in [-0.1, -0.05) is 17.8 Å². The third kappa shape index (κ3) is 3.88. The maximum Gasteiger partial charge on any atom is 0.277 e. The third-order valence-corrected chi connectivity index (χ3v) is 4.85. The van der Waals surface area contributed by atoms with Gasteiger partial charge in [-0.05, 0) is 59.6 Å². The van der Waals surface area contributed by atoms with Crippen molar-refractivity contribution >= 4 is 39.3 Å². The molecule has 3 rings (SSSR count). The number of nitrogens with one attached hydrogen (secondary N) is 2. The Bertz CT molecular complexity index is 848. The highest BCUT2D eigenvalue weighted by Crippen LogP contribution is 2.28. The molecule has 0 bridgehead atoms. The van der Waals surface area contributed by atoms with Crippen LogP contribution in [0.15, 0.2) is 50.6 Å². The molecule has 1 unspecified atom stereocenters. The van der Waals surface area contributed by atoms with Gasteiger partial charge in [0, 0.05) is 10.7 Å². The van der Waals surface area contributed by atoms with Crippen LogP contribution in [0.25, 0.3) is 11.6 Å². The van der Waals surface area contributed by atoms with Gasteiger partial charge in [0.05, 0.1) is 10.9 Å². The molecular weight excluding hydrogens is 392 g/mol. The summed E-state index contributed by atoms with van der Waals surface area (Å²) in [5.74, 6) is 0.264. The second kappa shape index (κ2) is 7.23. The Labute approximate surface area is 151 Å². The molecule has 0 radical (unpaired) electrons. The largest absolute Gasteiger partial charge is 0.410 e. The summed E-state index contributed by atoms with van der Waals surface area (Å²) >= 11 is 4.67. The van der Waals surface area contributed by atoms with Gasteiger partial charge in [0.1, 0.15) is 5.69 Å².